The quantitative estimate of drug-likeness (QED) is 0.232. The Balaban J connectivity index is 1.40. The van der Waals surface area contributed by atoms with Crippen LogP contribution in [0.1, 0.15) is 32.6 Å². The van der Waals surface area contributed by atoms with Crippen molar-refractivity contribution >= 4 is 37.0 Å². The van der Waals surface area contributed by atoms with Gasteiger partial charge in [-0.2, -0.15) is 10.1 Å². The van der Waals surface area contributed by atoms with Gasteiger partial charge in [0.25, 0.3) is 5.56 Å². The van der Waals surface area contributed by atoms with Crippen molar-refractivity contribution in [2.45, 2.75) is 44.9 Å². The Morgan fingerprint density at radius 3 is 2.90 bits per heavy atom. The molecule has 0 bridgehead atoms. The molecule has 0 radical (unpaired) electrons. The first kappa shape index (κ1) is 28.0. The number of benzene rings is 1. The van der Waals surface area contributed by atoms with Crippen molar-refractivity contribution in [2.75, 3.05) is 25.6 Å². The van der Waals surface area contributed by atoms with Crippen LogP contribution in [-0.4, -0.2) is 62.7 Å². The van der Waals surface area contributed by atoms with Gasteiger partial charge in [0.15, 0.2) is 17.5 Å². The van der Waals surface area contributed by atoms with E-state index in [-0.39, 0.29) is 42.4 Å². The summed E-state index contributed by atoms with van der Waals surface area (Å²) in [4.78, 5) is 34.5. The molecule has 1 saturated carbocycles. The number of nitrogens with two attached hydrogens (primary N) is 1. The van der Waals surface area contributed by atoms with Crippen LogP contribution in [0.4, 0.5) is 5.95 Å². The number of carboxylic acid groups (broad SMARTS) is 1. The summed E-state index contributed by atoms with van der Waals surface area (Å²) >= 11 is 0. The molecule has 14 nitrogen and oxygen atoms in total. The van der Waals surface area contributed by atoms with Gasteiger partial charge in [0.1, 0.15) is 18.1 Å². The average Bonchev–Trinajstić information content (AvgIpc) is 3.46. The standard InChI is InChI=1S/C25H31N6O8P/c1-16(23(33)34)30-40(35,39-18-7-3-2-4-8-18)38-14-25(13-37-19-9-5-6-10-36-19)11-17(25)12-31-15-27-20-21(31)28-24(26)29-22(20)32/h2-4,7-8,12,15-16,19H,5-6,9-11,13-14H2,1H3,(H,30,35)(H,33,34)(H3,26,28,29,32)/b17-12-/t16?,19?,25-,40-/m0/s1. The minimum atomic E-state index is -4.15. The summed E-state index contributed by atoms with van der Waals surface area (Å²) in [5, 5.41) is 11.9. The normalized spacial score (nSPS) is 24.0. The summed E-state index contributed by atoms with van der Waals surface area (Å²) in [6, 6.07) is 7.14. The molecule has 1 aromatic carbocycles. The first-order valence-corrected chi connectivity index (χ1v) is 14.4. The van der Waals surface area contributed by atoms with E-state index in [1.165, 1.54) is 13.3 Å². The predicted octanol–water partition coefficient (Wildman–Crippen LogP) is 2.74. The molecule has 2 aliphatic rings. The Bertz CT molecular complexity index is 1500. The summed E-state index contributed by atoms with van der Waals surface area (Å²) in [7, 11) is -4.15. The van der Waals surface area contributed by atoms with Crippen molar-refractivity contribution in [1.82, 2.24) is 24.6 Å². The van der Waals surface area contributed by atoms with E-state index in [4.69, 9.17) is 24.3 Å². The average molecular weight is 575 g/mol. The van der Waals surface area contributed by atoms with Crippen LogP contribution < -0.4 is 20.9 Å². The molecule has 2 unspecified atom stereocenters. The molecule has 4 atom stereocenters. The molecule has 3 aromatic rings. The molecule has 0 amide bonds. The third-order valence-corrected chi connectivity index (χ3v) is 8.34. The van der Waals surface area contributed by atoms with Gasteiger partial charge in [-0.05, 0) is 50.3 Å². The van der Waals surface area contributed by atoms with E-state index >= 15 is 0 Å². The third kappa shape index (κ3) is 6.43. The van der Waals surface area contributed by atoms with Crippen molar-refractivity contribution in [2.24, 2.45) is 5.41 Å². The molecule has 15 heteroatoms. The van der Waals surface area contributed by atoms with E-state index in [9.17, 15) is 19.3 Å². The Kier molecular flexibility index (Phi) is 8.06. The van der Waals surface area contributed by atoms with Crippen LogP contribution in [0.25, 0.3) is 17.4 Å². The minimum Gasteiger partial charge on any atom is -0.480 e. The van der Waals surface area contributed by atoms with Gasteiger partial charge in [-0.3, -0.25) is 23.7 Å². The largest absolute Gasteiger partial charge is 0.480 e. The molecule has 3 heterocycles. The van der Waals surface area contributed by atoms with Gasteiger partial charge in [0.05, 0.1) is 13.2 Å². The molecule has 1 saturated heterocycles. The van der Waals surface area contributed by atoms with Crippen LogP contribution >= 0.6 is 7.75 Å². The van der Waals surface area contributed by atoms with Crippen molar-refractivity contribution < 1.29 is 33.0 Å². The van der Waals surface area contributed by atoms with Gasteiger partial charge in [0, 0.05) is 18.2 Å². The SMILES string of the molecule is CC(N[P@](=O)(OC[C@@]1(COC2CCCCO2)C/C1=C/n1cnc2c(=O)[nH]c(N)nc21)Oc1ccccc1)C(=O)O. The highest BCUT2D eigenvalue weighted by atomic mass is 31.2. The number of aromatic nitrogens is 4. The van der Waals surface area contributed by atoms with Crippen molar-refractivity contribution in [3.8, 4) is 5.75 Å². The predicted molar refractivity (Wildman–Crippen MR) is 144 cm³/mol. The lowest BCUT2D eigenvalue weighted by molar-refractivity contribution is -0.171. The molecule has 2 fully saturated rings. The van der Waals surface area contributed by atoms with Crippen LogP contribution in [0.3, 0.4) is 0 Å². The van der Waals surface area contributed by atoms with E-state index in [1.807, 2.05) is 0 Å². The fourth-order valence-corrected chi connectivity index (χ4v) is 5.92. The lowest BCUT2D eigenvalue weighted by Gasteiger charge is -2.27. The van der Waals surface area contributed by atoms with Crippen LogP contribution in [0.5, 0.6) is 5.75 Å². The Hall–Kier alpha value is -3.55. The first-order valence-electron chi connectivity index (χ1n) is 12.8. The second-order valence-corrected chi connectivity index (χ2v) is 11.6. The van der Waals surface area contributed by atoms with Crippen LogP contribution in [0.2, 0.25) is 0 Å². The highest BCUT2D eigenvalue weighted by Gasteiger charge is 2.52. The number of rotatable bonds is 12. The van der Waals surface area contributed by atoms with Crippen LogP contribution in [-0.2, 0) is 23.4 Å². The number of nitrogens with zero attached hydrogens (tertiary/aromatic N) is 3. The van der Waals surface area contributed by atoms with Gasteiger partial charge in [-0.15, -0.1) is 0 Å². The Morgan fingerprint density at radius 2 is 2.17 bits per heavy atom. The second-order valence-electron chi connectivity index (χ2n) is 9.86. The highest BCUT2D eigenvalue weighted by molar-refractivity contribution is 7.52. The lowest BCUT2D eigenvalue weighted by atomic mass is 10.1. The summed E-state index contributed by atoms with van der Waals surface area (Å²) in [6.45, 7) is 2.03. The van der Waals surface area contributed by atoms with E-state index in [1.54, 1.807) is 41.1 Å². The maximum atomic E-state index is 13.8. The van der Waals surface area contributed by atoms with Gasteiger partial charge in [-0.1, -0.05) is 18.2 Å². The number of hydrogen-bond donors (Lipinski definition) is 4. The van der Waals surface area contributed by atoms with Gasteiger partial charge in [0.2, 0.25) is 5.95 Å². The molecule has 2 aromatic heterocycles. The van der Waals surface area contributed by atoms with Crippen molar-refractivity contribution in [3.63, 3.8) is 0 Å². The lowest BCUT2D eigenvalue weighted by Crippen LogP contribution is -2.34. The van der Waals surface area contributed by atoms with Gasteiger partial charge < -0.3 is 24.8 Å². The fraction of sp³-hybridized carbons (Fsp3) is 0.440. The molecular weight excluding hydrogens is 543 g/mol. The molecular formula is C25H31N6O8P. The Labute approximate surface area is 229 Å². The summed E-state index contributed by atoms with van der Waals surface area (Å²) in [5.41, 5.74) is 5.80. The fourth-order valence-electron chi connectivity index (χ4n) is 4.34. The number of imidazole rings is 1. The molecule has 1 aliphatic carbocycles. The molecule has 40 heavy (non-hydrogen) atoms. The summed E-state index contributed by atoms with van der Waals surface area (Å²) in [6.07, 6.45) is 6.03. The van der Waals surface area contributed by atoms with Gasteiger partial charge in [-0.25, -0.2) is 9.55 Å². The first-order chi connectivity index (χ1) is 19.2. The molecule has 1 aliphatic heterocycles. The summed E-state index contributed by atoms with van der Waals surface area (Å²) in [5.74, 6) is -1.01. The second kappa shape index (κ2) is 11.5. The number of carbonyl (C=O) groups is 1. The minimum absolute atomic E-state index is 0.0431. The zero-order valence-electron chi connectivity index (χ0n) is 21.8. The highest BCUT2D eigenvalue weighted by Crippen LogP contribution is 2.56. The number of ether oxygens (including phenoxy) is 2. The van der Waals surface area contributed by atoms with E-state index in [2.05, 4.69) is 20.0 Å². The number of hydrogen-bond acceptors (Lipinski definition) is 10. The zero-order chi connectivity index (χ0) is 28.3. The van der Waals surface area contributed by atoms with E-state index < -0.39 is 30.7 Å². The number of H-pyrrole nitrogens is 1. The number of carboxylic acids is 1. The van der Waals surface area contributed by atoms with Crippen LogP contribution in [0, 0.1) is 5.41 Å². The van der Waals surface area contributed by atoms with Crippen LogP contribution in [0.15, 0.2) is 47.0 Å². The molecule has 5 N–H and O–H groups in total. The molecule has 214 valence electrons. The smallest absolute Gasteiger partial charge is 0.459 e. The van der Waals surface area contributed by atoms with Crippen molar-refractivity contribution in [1.29, 1.82) is 0 Å². The zero-order valence-corrected chi connectivity index (χ0v) is 22.7. The molecule has 0 spiro atoms. The van der Waals surface area contributed by atoms with E-state index in [0.29, 0.717) is 13.0 Å². The van der Waals surface area contributed by atoms with E-state index in [0.717, 1.165) is 24.8 Å². The number of anilines is 1. The Morgan fingerprint density at radius 1 is 1.38 bits per heavy atom. The third-order valence-electron chi connectivity index (χ3n) is 6.72. The molecule has 5 rings (SSSR count). The number of nitrogens with one attached hydrogen (secondary N) is 2. The maximum absolute atomic E-state index is 13.8. The number of aliphatic carboxylic acids is 1. The van der Waals surface area contributed by atoms with Crippen molar-refractivity contribution in [3.05, 3.63) is 52.6 Å². The maximum Gasteiger partial charge on any atom is 0.459 e. The monoisotopic (exact) mass is 574 g/mol. The summed E-state index contributed by atoms with van der Waals surface area (Å²) < 4.78 is 38.7. The number of aromatic amines is 1. The number of para-hydroxylation sites is 1. The topological polar surface area (TPSA) is 193 Å². The number of fused-ring (bicyclic) bond motifs is 1. The number of nitrogen functional groups attached to an aromatic ring is 1. The van der Waals surface area contributed by atoms with Gasteiger partial charge >= 0.3 is 13.7 Å².